The standard InChI is InChI=1S/C18H20N6O/c25-17(21-11-16-22-14-6-1-2-7-15(14)23-16)13-5-3-10-24(12-13)18-19-8-4-9-20-18/h1-2,4,6-9,13H,3,5,10-12H2,(H,21,25)(H,22,23)/t13-/m1/s1. The molecule has 0 radical (unpaired) electrons. The van der Waals surface area contributed by atoms with Crippen molar-refractivity contribution in [2.45, 2.75) is 19.4 Å². The molecule has 2 N–H and O–H groups in total. The minimum absolute atomic E-state index is 0.0538. The molecule has 4 rings (SSSR count). The summed E-state index contributed by atoms with van der Waals surface area (Å²) in [5.74, 6) is 1.47. The van der Waals surface area contributed by atoms with Gasteiger partial charge in [0.15, 0.2) is 0 Å². The maximum atomic E-state index is 12.5. The number of anilines is 1. The van der Waals surface area contributed by atoms with Crippen molar-refractivity contribution in [3.63, 3.8) is 0 Å². The van der Waals surface area contributed by atoms with Crippen molar-refractivity contribution in [1.82, 2.24) is 25.3 Å². The van der Waals surface area contributed by atoms with Crippen LogP contribution in [0.25, 0.3) is 11.0 Å². The van der Waals surface area contributed by atoms with Crippen molar-refractivity contribution in [3.05, 3.63) is 48.5 Å². The maximum Gasteiger partial charge on any atom is 0.225 e. The van der Waals surface area contributed by atoms with Crippen LogP contribution in [0, 0.1) is 5.92 Å². The third-order valence-electron chi connectivity index (χ3n) is 4.50. The minimum atomic E-state index is -0.0538. The molecular weight excluding hydrogens is 316 g/mol. The molecule has 1 amide bonds. The van der Waals surface area contributed by atoms with Gasteiger partial charge in [0, 0.05) is 25.5 Å². The Morgan fingerprint density at radius 1 is 1.24 bits per heavy atom. The molecule has 0 spiro atoms. The summed E-state index contributed by atoms with van der Waals surface area (Å²) in [6.07, 6.45) is 5.30. The predicted octanol–water partition coefficient (Wildman–Crippen LogP) is 1.89. The smallest absolute Gasteiger partial charge is 0.225 e. The van der Waals surface area contributed by atoms with E-state index in [0.29, 0.717) is 19.0 Å². The first kappa shape index (κ1) is 15.6. The first-order valence-corrected chi connectivity index (χ1v) is 8.53. The Kier molecular flexibility index (Phi) is 4.28. The summed E-state index contributed by atoms with van der Waals surface area (Å²) < 4.78 is 0. The van der Waals surface area contributed by atoms with Gasteiger partial charge in [-0.3, -0.25) is 4.79 Å². The highest BCUT2D eigenvalue weighted by Crippen LogP contribution is 2.20. The summed E-state index contributed by atoms with van der Waals surface area (Å²) in [5.41, 5.74) is 1.90. The number of H-pyrrole nitrogens is 1. The average molecular weight is 336 g/mol. The lowest BCUT2D eigenvalue weighted by atomic mass is 9.97. The summed E-state index contributed by atoms with van der Waals surface area (Å²) in [6.45, 7) is 1.94. The molecule has 128 valence electrons. The van der Waals surface area contributed by atoms with Gasteiger partial charge in [-0.05, 0) is 31.0 Å². The highest BCUT2D eigenvalue weighted by atomic mass is 16.1. The molecule has 1 atom stereocenters. The Morgan fingerprint density at radius 2 is 2.08 bits per heavy atom. The molecule has 0 saturated carbocycles. The zero-order chi connectivity index (χ0) is 17.1. The number of benzene rings is 1. The molecule has 0 aliphatic carbocycles. The summed E-state index contributed by atoms with van der Waals surface area (Å²) in [5, 5.41) is 3.00. The molecule has 1 fully saturated rings. The molecule has 3 aromatic rings. The molecule has 25 heavy (non-hydrogen) atoms. The first-order valence-electron chi connectivity index (χ1n) is 8.53. The molecule has 7 heteroatoms. The van der Waals surface area contributed by atoms with Gasteiger partial charge in [0.2, 0.25) is 11.9 Å². The molecule has 1 saturated heterocycles. The van der Waals surface area contributed by atoms with Gasteiger partial charge >= 0.3 is 0 Å². The van der Waals surface area contributed by atoms with E-state index in [4.69, 9.17) is 0 Å². The van der Waals surface area contributed by atoms with Crippen LogP contribution in [0.5, 0.6) is 0 Å². The van der Waals surface area contributed by atoms with E-state index < -0.39 is 0 Å². The lowest BCUT2D eigenvalue weighted by molar-refractivity contribution is -0.125. The van der Waals surface area contributed by atoms with Crippen molar-refractivity contribution in [2.24, 2.45) is 5.92 Å². The number of hydrogen-bond acceptors (Lipinski definition) is 5. The Balaban J connectivity index is 1.37. The largest absolute Gasteiger partial charge is 0.349 e. The number of carbonyl (C=O) groups excluding carboxylic acids is 1. The number of imidazole rings is 1. The lowest BCUT2D eigenvalue weighted by Gasteiger charge is -2.31. The normalized spacial score (nSPS) is 17.6. The molecule has 3 heterocycles. The number of aromatic nitrogens is 4. The monoisotopic (exact) mass is 336 g/mol. The van der Waals surface area contributed by atoms with E-state index in [9.17, 15) is 4.79 Å². The van der Waals surface area contributed by atoms with Crippen LogP contribution in [0.3, 0.4) is 0 Å². The van der Waals surface area contributed by atoms with Gasteiger partial charge < -0.3 is 15.2 Å². The van der Waals surface area contributed by atoms with Crippen LogP contribution < -0.4 is 10.2 Å². The molecule has 1 aliphatic heterocycles. The first-order chi connectivity index (χ1) is 12.3. The Labute approximate surface area is 145 Å². The maximum absolute atomic E-state index is 12.5. The van der Waals surface area contributed by atoms with E-state index in [1.54, 1.807) is 18.5 Å². The predicted molar refractivity (Wildman–Crippen MR) is 94.9 cm³/mol. The topological polar surface area (TPSA) is 86.8 Å². The summed E-state index contributed by atoms with van der Waals surface area (Å²) in [6, 6.07) is 9.65. The Morgan fingerprint density at radius 3 is 2.92 bits per heavy atom. The minimum Gasteiger partial charge on any atom is -0.349 e. The van der Waals surface area contributed by atoms with E-state index in [2.05, 4.69) is 30.2 Å². The summed E-state index contributed by atoms with van der Waals surface area (Å²) in [4.78, 5) is 30.9. The fourth-order valence-corrected chi connectivity index (χ4v) is 3.23. The number of piperidine rings is 1. The fraction of sp³-hybridized carbons (Fsp3) is 0.333. The second kappa shape index (κ2) is 6.88. The van der Waals surface area contributed by atoms with Crippen LogP contribution in [0.1, 0.15) is 18.7 Å². The second-order valence-corrected chi connectivity index (χ2v) is 6.25. The van der Waals surface area contributed by atoms with Crippen molar-refractivity contribution < 1.29 is 4.79 Å². The number of carbonyl (C=O) groups is 1. The van der Waals surface area contributed by atoms with Gasteiger partial charge in [0.05, 0.1) is 23.5 Å². The highest BCUT2D eigenvalue weighted by molar-refractivity contribution is 5.79. The molecule has 1 aromatic carbocycles. The Bertz CT molecular complexity index is 829. The molecule has 7 nitrogen and oxygen atoms in total. The third kappa shape index (κ3) is 3.45. The van der Waals surface area contributed by atoms with Crippen LogP contribution >= 0.6 is 0 Å². The number of amides is 1. The SMILES string of the molecule is O=C(NCc1nc2ccccc2[nH]1)[C@@H]1CCCN(c2ncccn2)C1. The average Bonchev–Trinajstić information content (AvgIpc) is 3.10. The summed E-state index contributed by atoms with van der Waals surface area (Å²) in [7, 11) is 0. The van der Waals surface area contributed by atoms with E-state index in [1.165, 1.54) is 0 Å². The summed E-state index contributed by atoms with van der Waals surface area (Å²) >= 11 is 0. The fourth-order valence-electron chi connectivity index (χ4n) is 3.23. The van der Waals surface area contributed by atoms with Gasteiger partial charge in [0.25, 0.3) is 0 Å². The molecule has 0 unspecified atom stereocenters. The second-order valence-electron chi connectivity index (χ2n) is 6.25. The molecule has 2 aromatic heterocycles. The third-order valence-corrected chi connectivity index (χ3v) is 4.50. The van der Waals surface area contributed by atoms with Crippen LogP contribution in [-0.4, -0.2) is 38.9 Å². The van der Waals surface area contributed by atoms with Gasteiger partial charge in [0.1, 0.15) is 5.82 Å². The van der Waals surface area contributed by atoms with Crippen LogP contribution in [0.15, 0.2) is 42.7 Å². The number of aromatic amines is 1. The lowest BCUT2D eigenvalue weighted by Crippen LogP contribution is -2.43. The van der Waals surface area contributed by atoms with E-state index in [0.717, 1.165) is 36.2 Å². The Hall–Kier alpha value is -2.96. The zero-order valence-corrected chi connectivity index (χ0v) is 13.9. The molecule has 0 bridgehead atoms. The van der Waals surface area contributed by atoms with Crippen molar-refractivity contribution in [1.29, 1.82) is 0 Å². The quantitative estimate of drug-likeness (QED) is 0.760. The number of para-hydroxylation sites is 2. The number of rotatable bonds is 4. The van der Waals surface area contributed by atoms with Gasteiger partial charge in [-0.25, -0.2) is 15.0 Å². The van der Waals surface area contributed by atoms with Crippen molar-refractivity contribution in [3.8, 4) is 0 Å². The van der Waals surface area contributed by atoms with E-state index in [-0.39, 0.29) is 11.8 Å². The van der Waals surface area contributed by atoms with E-state index >= 15 is 0 Å². The van der Waals surface area contributed by atoms with E-state index in [1.807, 2.05) is 24.3 Å². The zero-order valence-electron chi connectivity index (χ0n) is 13.9. The van der Waals surface area contributed by atoms with Gasteiger partial charge in [-0.1, -0.05) is 12.1 Å². The van der Waals surface area contributed by atoms with Gasteiger partial charge in [-0.2, -0.15) is 0 Å². The van der Waals surface area contributed by atoms with Crippen molar-refractivity contribution >= 4 is 22.9 Å². The van der Waals surface area contributed by atoms with Crippen LogP contribution in [-0.2, 0) is 11.3 Å². The number of fused-ring (bicyclic) bond motifs is 1. The van der Waals surface area contributed by atoms with Gasteiger partial charge in [-0.15, -0.1) is 0 Å². The molecule has 1 aliphatic rings. The highest BCUT2D eigenvalue weighted by Gasteiger charge is 2.27. The van der Waals surface area contributed by atoms with Crippen LogP contribution in [0.2, 0.25) is 0 Å². The number of nitrogens with zero attached hydrogens (tertiary/aromatic N) is 4. The molecular formula is C18H20N6O. The van der Waals surface area contributed by atoms with Crippen LogP contribution in [0.4, 0.5) is 5.95 Å². The number of nitrogens with one attached hydrogen (secondary N) is 2. The number of hydrogen-bond donors (Lipinski definition) is 2. The van der Waals surface area contributed by atoms with Crippen molar-refractivity contribution in [2.75, 3.05) is 18.0 Å².